The van der Waals surface area contributed by atoms with Gasteiger partial charge in [0.15, 0.2) is 5.82 Å². The van der Waals surface area contributed by atoms with E-state index in [1.807, 2.05) is 90.5 Å². The number of benzene rings is 4. The zero-order valence-corrected chi connectivity index (χ0v) is 25.3. The summed E-state index contributed by atoms with van der Waals surface area (Å²) in [6.45, 7) is 9.11. The van der Waals surface area contributed by atoms with E-state index in [0.29, 0.717) is 36.1 Å². The highest BCUT2D eigenvalue weighted by Crippen LogP contribution is 2.32. The number of rotatable bonds is 10. The van der Waals surface area contributed by atoms with Gasteiger partial charge in [-0.1, -0.05) is 106 Å². The van der Waals surface area contributed by atoms with Gasteiger partial charge in [0.05, 0.1) is 0 Å². The molecule has 0 aliphatic heterocycles. The normalized spacial score (nSPS) is 11.8. The van der Waals surface area contributed by atoms with Crippen LogP contribution in [0.15, 0.2) is 109 Å². The molecular formula is C35H35N7O2. The van der Waals surface area contributed by atoms with E-state index in [4.69, 9.17) is 19.6 Å². The standard InChI is InChI=1S/C35H35N7O2/c1-34(2,3)24-42-31(23-25-19-21-26(22-20-25)29-17-11-12-18-30(29)32-37-40-41-38-32)36-33(39-42)35(4,43-27-13-7-5-8-14-27)44-28-15-9-6-10-16-28/h5-22H,23-24H2,1-4H3,(H,37,38,40,41). The first-order valence-electron chi connectivity index (χ1n) is 14.6. The Morgan fingerprint density at radius 2 is 1.30 bits per heavy atom. The monoisotopic (exact) mass is 585 g/mol. The van der Waals surface area contributed by atoms with Gasteiger partial charge in [-0.25, -0.2) is 14.8 Å². The maximum Gasteiger partial charge on any atom is 0.311 e. The predicted octanol–water partition coefficient (Wildman–Crippen LogP) is 7.09. The second-order valence-corrected chi connectivity index (χ2v) is 12.0. The fourth-order valence-electron chi connectivity index (χ4n) is 5.01. The molecule has 0 bridgehead atoms. The quantitative estimate of drug-likeness (QED) is 0.171. The molecule has 0 fully saturated rings. The van der Waals surface area contributed by atoms with Gasteiger partial charge >= 0.3 is 5.79 Å². The highest BCUT2D eigenvalue weighted by Gasteiger charge is 2.38. The molecule has 9 heteroatoms. The lowest BCUT2D eigenvalue weighted by Gasteiger charge is -2.28. The molecular weight excluding hydrogens is 550 g/mol. The maximum absolute atomic E-state index is 6.47. The minimum absolute atomic E-state index is 0.0279. The first kappa shape index (κ1) is 28.8. The Balaban J connectivity index is 1.33. The van der Waals surface area contributed by atoms with Gasteiger partial charge in [-0.3, -0.25) is 0 Å². The van der Waals surface area contributed by atoms with E-state index >= 15 is 0 Å². The van der Waals surface area contributed by atoms with Crippen LogP contribution in [0.25, 0.3) is 22.5 Å². The van der Waals surface area contributed by atoms with Crippen molar-refractivity contribution in [3.05, 3.63) is 126 Å². The molecule has 0 unspecified atom stereocenters. The van der Waals surface area contributed by atoms with Crippen LogP contribution in [0.1, 0.15) is 44.9 Å². The van der Waals surface area contributed by atoms with Crippen molar-refractivity contribution in [2.24, 2.45) is 5.41 Å². The molecule has 4 aromatic carbocycles. The molecule has 222 valence electrons. The Morgan fingerprint density at radius 3 is 1.86 bits per heavy atom. The topological polar surface area (TPSA) is 104 Å². The SMILES string of the molecule is CC(C)(C)Cn1nc(C(C)(Oc2ccccc2)Oc2ccccc2)nc1Cc1ccc(-c2ccccc2-c2nnn[nH]2)cc1. The van der Waals surface area contributed by atoms with E-state index < -0.39 is 5.79 Å². The number of nitrogens with one attached hydrogen (secondary N) is 1. The van der Waals surface area contributed by atoms with Crippen molar-refractivity contribution in [3.63, 3.8) is 0 Å². The maximum atomic E-state index is 6.47. The summed E-state index contributed by atoms with van der Waals surface area (Å²) >= 11 is 0. The number of aromatic amines is 1. The zero-order valence-electron chi connectivity index (χ0n) is 25.3. The Kier molecular flexibility index (Phi) is 7.93. The second-order valence-electron chi connectivity index (χ2n) is 12.0. The molecule has 0 amide bonds. The van der Waals surface area contributed by atoms with Crippen molar-refractivity contribution < 1.29 is 9.47 Å². The summed E-state index contributed by atoms with van der Waals surface area (Å²) in [5, 5.41) is 19.4. The van der Waals surface area contributed by atoms with E-state index in [9.17, 15) is 0 Å². The number of para-hydroxylation sites is 2. The van der Waals surface area contributed by atoms with Crippen LogP contribution in [0, 0.1) is 5.41 Å². The summed E-state index contributed by atoms with van der Waals surface area (Å²) in [6, 6.07) is 35.8. The number of tetrazole rings is 1. The summed E-state index contributed by atoms with van der Waals surface area (Å²) in [7, 11) is 0. The average Bonchev–Trinajstić information content (AvgIpc) is 3.69. The van der Waals surface area contributed by atoms with Crippen molar-refractivity contribution in [1.29, 1.82) is 0 Å². The first-order valence-corrected chi connectivity index (χ1v) is 14.6. The summed E-state index contributed by atoms with van der Waals surface area (Å²) in [5.74, 6) is 1.97. The molecule has 0 aliphatic rings. The van der Waals surface area contributed by atoms with Crippen LogP contribution in [0.5, 0.6) is 11.5 Å². The van der Waals surface area contributed by atoms with E-state index in [0.717, 1.165) is 28.1 Å². The Bertz CT molecular complexity index is 1750. The summed E-state index contributed by atoms with van der Waals surface area (Å²) in [4.78, 5) is 5.06. The van der Waals surface area contributed by atoms with Crippen LogP contribution in [-0.4, -0.2) is 35.4 Å². The van der Waals surface area contributed by atoms with Crippen molar-refractivity contribution in [3.8, 4) is 34.0 Å². The molecule has 6 aromatic rings. The first-order chi connectivity index (χ1) is 21.3. The average molecular weight is 586 g/mol. The summed E-state index contributed by atoms with van der Waals surface area (Å²) in [6.07, 6.45) is 0.587. The van der Waals surface area contributed by atoms with Gasteiger partial charge in [-0.15, -0.1) is 10.2 Å². The van der Waals surface area contributed by atoms with Crippen molar-refractivity contribution in [2.75, 3.05) is 0 Å². The number of nitrogens with zero attached hydrogens (tertiary/aromatic N) is 6. The van der Waals surface area contributed by atoms with Crippen LogP contribution in [0.3, 0.4) is 0 Å². The van der Waals surface area contributed by atoms with E-state index in [1.165, 1.54) is 0 Å². The third-order valence-corrected chi connectivity index (χ3v) is 7.04. The van der Waals surface area contributed by atoms with Gasteiger partial charge in [0, 0.05) is 25.5 Å². The van der Waals surface area contributed by atoms with Crippen LogP contribution in [0.4, 0.5) is 0 Å². The molecule has 6 rings (SSSR count). The lowest BCUT2D eigenvalue weighted by Crippen LogP contribution is -2.37. The molecule has 9 nitrogen and oxygen atoms in total. The second kappa shape index (κ2) is 12.1. The Labute approximate surface area is 256 Å². The van der Waals surface area contributed by atoms with Gasteiger partial charge in [0.25, 0.3) is 0 Å². The minimum atomic E-state index is -1.27. The van der Waals surface area contributed by atoms with Gasteiger partial charge in [-0.2, -0.15) is 0 Å². The van der Waals surface area contributed by atoms with Gasteiger partial charge in [0.2, 0.25) is 5.82 Å². The lowest BCUT2D eigenvalue weighted by molar-refractivity contribution is -0.112. The number of H-pyrrole nitrogens is 1. The van der Waals surface area contributed by atoms with E-state index in [-0.39, 0.29) is 5.41 Å². The molecule has 0 radical (unpaired) electrons. The van der Waals surface area contributed by atoms with Crippen LogP contribution in [0.2, 0.25) is 0 Å². The van der Waals surface area contributed by atoms with Crippen molar-refractivity contribution in [1.82, 2.24) is 35.4 Å². The van der Waals surface area contributed by atoms with E-state index in [2.05, 4.69) is 71.7 Å². The largest absolute Gasteiger partial charge is 0.446 e. The van der Waals surface area contributed by atoms with E-state index in [1.54, 1.807) is 0 Å². The fraction of sp³-hybridized carbons (Fsp3) is 0.229. The molecule has 44 heavy (non-hydrogen) atoms. The molecule has 0 saturated heterocycles. The number of aromatic nitrogens is 7. The smallest absolute Gasteiger partial charge is 0.311 e. The van der Waals surface area contributed by atoms with Crippen LogP contribution >= 0.6 is 0 Å². The highest BCUT2D eigenvalue weighted by molar-refractivity contribution is 5.80. The highest BCUT2D eigenvalue weighted by atomic mass is 16.7. The van der Waals surface area contributed by atoms with Crippen LogP contribution < -0.4 is 9.47 Å². The molecule has 0 atom stereocenters. The molecule has 1 N–H and O–H groups in total. The molecule has 0 saturated carbocycles. The number of hydrogen-bond acceptors (Lipinski definition) is 7. The number of hydrogen-bond donors (Lipinski definition) is 1. The minimum Gasteiger partial charge on any atom is -0.446 e. The third kappa shape index (κ3) is 6.67. The fourth-order valence-corrected chi connectivity index (χ4v) is 5.01. The molecule has 0 aliphatic carbocycles. The molecule has 2 heterocycles. The Morgan fingerprint density at radius 1 is 0.705 bits per heavy atom. The van der Waals surface area contributed by atoms with Crippen molar-refractivity contribution in [2.45, 2.75) is 46.4 Å². The van der Waals surface area contributed by atoms with Gasteiger partial charge < -0.3 is 9.47 Å². The Hall–Kier alpha value is -5.31. The summed E-state index contributed by atoms with van der Waals surface area (Å²) in [5.41, 5.74) is 4.13. The molecule has 0 spiro atoms. The zero-order chi connectivity index (χ0) is 30.6. The number of ether oxygens (including phenoxy) is 2. The van der Waals surface area contributed by atoms with Gasteiger partial charge in [-0.05, 0) is 56.8 Å². The third-order valence-electron chi connectivity index (χ3n) is 7.04. The van der Waals surface area contributed by atoms with Crippen LogP contribution in [-0.2, 0) is 18.8 Å². The van der Waals surface area contributed by atoms with Gasteiger partial charge in [0.1, 0.15) is 17.3 Å². The lowest BCUT2D eigenvalue weighted by atomic mass is 9.96. The molecule has 2 aromatic heterocycles. The van der Waals surface area contributed by atoms with Crippen molar-refractivity contribution >= 4 is 0 Å². The summed E-state index contributed by atoms with van der Waals surface area (Å²) < 4.78 is 14.9. The predicted molar refractivity (Wildman–Crippen MR) is 169 cm³/mol.